The summed E-state index contributed by atoms with van der Waals surface area (Å²) in [7, 11) is 1.44. The first-order chi connectivity index (χ1) is 12.5. The number of rotatable bonds is 4. The summed E-state index contributed by atoms with van der Waals surface area (Å²) in [5.74, 6) is -0.269. The summed E-state index contributed by atoms with van der Waals surface area (Å²) in [4.78, 5) is 16.6. The Hall–Kier alpha value is -2.60. The van der Waals surface area contributed by atoms with Gasteiger partial charge in [-0.3, -0.25) is 9.69 Å². The Kier molecular flexibility index (Phi) is 5.42. The van der Waals surface area contributed by atoms with E-state index in [9.17, 15) is 14.3 Å². The van der Waals surface area contributed by atoms with E-state index in [1.165, 1.54) is 13.2 Å². The molecule has 138 valence electrons. The zero-order chi connectivity index (χ0) is 18.7. The first kappa shape index (κ1) is 18.2. The third-order valence-corrected chi connectivity index (χ3v) is 4.66. The van der Waals surface area contributed by atoms with E-state index in [1.54, 1.807) is 29.2 Å². The Morgan fingerprint density at radius 3 is 2.54 bits per heavy atom. The summed E-state index contributed by atoms with van der Waals surface area (Å²) in [5.41, 5.74) is 2.15. The van der Waals surface area contributed by atoms with Gasteiger partial charge in [0.25, 0.3) is 5.91 Å². The topological polar surface area (TPSA) is 53.0 Å². The van der Waals surface area contributed by atoms with Gasteiger partial charge in [0.1, 0.15) is 5.75 Å². The number of ether oxygens (including phenoxy) is 1. The second-order valence-corrected chi connectivity index (χ2v) is 6.56. The average molecular weight is 358 g/mol. The van der Waals surface area contributed by atoms with Crippen molar-refractivity contribution in [3.05, 3.63) is 58.9 Å². The molecule has 0 aliphatic carbocycles. The van der Waals surface area contributed by atoms with Crippen molar-refractivity contribution in [3.63, 3.8) is 0 Å². The predicted molar refractivity (Wildman–Crippen MR) is 97.0 cm³/mol. The molecular formula is C20H23FN2O3. The van der Waals surface area contributed by atoms with E-state index in [1.807, 2.05) is 13.0 Å². The monoisotopic (exact) mass is 358 g/mol. The zero-order valence-electron chi connectivity index (χ0n) is 15.0. The highest BCUT2D eigenvalue weighted by atomic mass is 19.1. The number of aryl methyl sites for hydroxylation is 1. The molecular weight excluding hydrogens is 335 g/mol. The molecule has 1 aliphatic rings. The Morgan fingerprint density at radius 2 is 1.88 bits per heavy atom. The van der Waals surface area contributed by atoms with Crippen molar-refractivity contribution >= 4 is 5.91 Å². The molecule has 3 rings (SSSR count). The van der Waals surface area contributed by atoms with Gasteiger partial charge in [0.2, 0.25) is 0 Å². The van der Waals surface area contributed by atoms with Crippen molar-refractivity contribution in [1.29, 1.82) is 0 Å². The molecule has 1 aliphatic heterocycles. The molecule has 0 atom stereocenters. The van der Waals surface area contributed by atoms with Crippen LogP contribution in [0.3, 0.4) is 0 Å². The lowest BCUT2D eigenvalue weighted by atomic mass is 10.1. The van der Waals surface area contributed by atoms with Crippen molar-refractivity contribution in [3.8, 4) is 11.5 Å². The highest BCUT2D eigenvalue weighted by Gasteiger charge is 2.24. The first-order valence-corrected chi connectivity index (χ1v) is 8.61. The standard InChI is InChI=1S/C20H23FN2O3/c1-14-3-5-18(24)16(11-14)20(25)23-9-7-22(8-10-23)13-15-4-6-19(26-2)17(21)12-15/h3-6,11-12,24H,7-10,13H2,1-2H3. The number of hydrogen-bond donors (Lipinski definition) is 1. The quantitative estimate of drug-likeness (QED) is 0.913. The lowest BCUT2D eigenvalue weighted by Gasteiger charge is -2.35. The SMILES string of the molecule is COc1ccc(CN2CCN(C(=O)c3cc(C)ccc3O)CC2)cc1F. The van der Waals surface area contributed by atoms with Crippen LogP contribution in [-0.4, -0.2) is 54.1 Å². The van der Waals surface area contributed by atoms with Crippen molar-refractivity contribution < 1.29 is 19.0 Å². The molecule has 0 saturated carbocycles. The van der Waals surface area contributed by atoms with Crippen LogP contribution in [0, 0.1) is 12.7 Å². The number of carbonyl (C=O) groups is 1. The number of phenols is 1. The second-order valence-electron chi connectivity index (χ2n) is 6.56. The first-order valence-electron chi connectivity index (χ1n) is 8.61. The molecule has 2 aromatic rings. The third-order valence-electron chi connectivity index (χ3n) is 4.66. The van der Waals surface area contributed by atoms with E-state index in [-0.39, 0.29) is 23.2 Å². The van der Waals surface area contributed by atoms with Crippen molar-refractivity contribution in [1.82, 2.24) is 9.80 Å². The maximum Gasteiger partial charge on any atom is 0.257 e. The maximum absolute atomic E-state index is 13.8. The highest BCUT2D eigenvalue weighted by molar-refractivity contribution is 5.97. The van der Waals surface area contributed by atoms with Gasteiger partial charge in [-0.15, -0.1) is 0 Å². The minimum Gasteiger partial charge on any atom is -0.507 e. The summed E-state index contributed by atoms with van der Waals surface area (Å²) < 4.78 is 18.7. The summed E-state index contributed by atoms with van der Waals surface area (Å²) in [6.45, 7) is 5.06. The van der Waals surface area contributed by atoms with Crippen LogP contribution in [0.4, 0.5) is 4.39 Å². The fourth-order valence-corrected chi connectivity index (χ4v) is 3.17. The molecule has 0 bridgehead atoms. The Balaban J connectivity index is 1.59. The summed E-state index contributed by atoms with van der Waals surface area (Å²) in [6, 6.07) is 10.0. The second kappa shape index (κ2) is 7.74. The lowest BCUT2D eigenvalue weighted by Crippen LogP contribution is -2.48. The molecule has 1 amide bonds. The van der Waals surface area contributed by atoms with Crippen molar-refractivity contribution in [2.45, 2.75) is 13.5 Å². The van der Waals surface area contributed by atoms with Crippen LogP contribution in [0.5, 0.6) is 11.5 Å². The van der Waals surface area contributed by atoms with Crippen LogP contribution in [0.2, 0.25) is 0 Å². The van der Waals surface area contributed by atoms with Gasteiger partial charge >= 0.3 is 0 Å². The fourth-order valence-electron chi connectivity index (χ4n) is 3.17. The molecule has 0 spiro atoms. The molecule has 1 fully saturated rings. The highest BCUT2D eigenvalue weighted by Crippen LogP contribution is 2.22. The van der Waals surface area contributed by atoms with Gasteiger partial charge in [-0.25, -0.2) is 4.39 Å². The fraction of sp³-hybridized carbons (Fsp3) is 0.350. The van der Waals surface area contributed by atoms with Crippen LogP contribution in [0.15, 0.2) is 36.4 Å². The van der Waals surface area contributed by atoms with E-state index in [0.29, 0.717) is 38.3 Å². The smallest absolute Gasteiger partial charge is 0.257 e. The van der Waals surface area contributed by atoms with Gasteiger partial charge in [-0.1, -0.05) is 17.7 Å². The molecule has 0 unspecified atom stereocenters. The summed E-state index contributed by atoms with van der Waals surface area (Å²) >= 11 is 0. The largest absolute Gasteiger partial charge is 0.507 e. The molecule has 1 heterocycles. The van der Waals surface area contributed by atoms with Crippen molar-refractivity contribution in [2.24, 2.45) is 0 Å². The number of phenolic OH excluding ortho intramolecular Hbond substituents is 1. The number of carbonyl (C=O) groups excluding carboxylic acids is 1. The van der Waals surface area contributed by atoms with E-state index in [4.69, 9.17) is 4.74 Å². The minimum atomic E-state index is -0.367. The average Bonchev–Trinajstić information content (AvgIpc) is 2.64. The molecule has 1 saturated heterocycles. The molecule has 2 aromatic carbocycles. The molecule has 0 radical (unpaired) electrons. The third kappa shape index (κ3) is 3.96. The Morgan fingerprint density at radius 1 is 1.15 bits per heavy atom. The van der Waals surface area contributed by atoms with Crippen LogP contribution in [0.1, 0.15) is 21.5 Å². The number of piperazine rings is 1. The Bertz CT molecular complexity index is 802. The molecule has 1 N–H and O–H groups in total. The number of halogens is 1. The van der Waals surface area contributed by atoms with Gasteiger partial charge in [-0.2, -0.15) is 0 Å². The molecule has 5 nitrogen and oxygen atoms in total. The Labute approximate surface area is 152 Å². The van der Waals surface area contributed by atoms with Crippen molar-refractivity contribution in [2.75, 3.05) is 33.3 Å². The van der Waals surface area contributed by atoms with E-state index in [0.717, 1.165) is 11.1 Å². The minimum absolute atomic E-state index is 0.0109. The number of benzene rings is 2. The number of hydrogen-bond acceptors (Lipinski definition) is 4. The maximum atomic E-state index is 13.8. The van der Waals surface area contributed by atoms with E-state index < -0.39 is 0 Å². The van der Waals surface area contributed by atoms with Gasteiger partial charge < -0.3 is 14.7 Å². The van der Waals surface area contributed by atoms with Crippen LogP contribution >= 0.6 is 0 Å². The van der Waals surface area contributed by atoms with Gasteiger partial charge in [-0.05, 0) is 36.8 Å². The van der Waals surface area contributed by atoms with Crippen LogP contribution in [-0.2, 0) is 6.54 Å². The van der Waals surface area contributed by atoms with Gasteiger partial charge in [0.05, 0.1) is 12.7 Å². The molecule has 0 aromatic heterocycles. The van der Waals surface area contributed by atoms with Gasteiger partial charge in [0.15, 0.2) is 11.6 Å². The normalized spacial score (nSPS) is 15.1. The van der Waals surface area contributed by atoms with E-state index >= 15 is 0 Å². The number of nitrogens with zero attached hydrogens (tertiary/aromatic N) is 2. The summed E-state index contributed by atoms with van der Waals surface area (Å²) in [5, 5.41) is 9.95. The lowest BCUT2D eigenvalue weighted by molar-refractivity contribution is 0.0625. The number of methoxy groups -OCH3 is 1. The van der Waals surface area contributed by atoms with Crippen LogP contribution in [0.25, 0.3) is 0 Å². The molecule has 26 heavy (non-hydrogen) atoms. The van der Waals surface area contributed by atoms with Gasteiger partial charge in [0, 0.05) is 32.7 Å². The van der Waals surface area contributed by atoms with Crippen LogP contribution < -0.4 is 4.74 Å². The zero-order valence-corrected chi connectivity index (χ0v) is 15.0. The number of amides is 1. The molecule has 6 heteroatoms. The number of aromatic hydroxyl groups is 1. The van der Waals surface area contributed by atoms with E-state index in [2.05, 4.69) is 4.90 Å². The predicted octanol–water partition coefficient (Wildman–Crippen LogP) is 2.81. The summed E-state index contributed by atoms with van der Waals surface area (Å²) in [6.07, 6.45) is 0.